The third kappa shape index (κ3) is 10.9. The summed E-state index contributed by atoms with van der Waals surface area (Å²) < 4.78 is 5.20. The molecule has 0 aromatic heterocycles. The lowest BCUT2D eigenvalue weighted by Gasteiger charge is -2.14. The predicted octanol–water partition coefficient (Wildman–Crippen LogP) is 1.91. The molecule has 25 heavy (non-hydrogen) atoms. The van der Waals surface area contributed by atoms with Crippen molar-refractivity contribution < 1.29 is 14.8 Å². The molecule has 0 atom stereocenters. The molecule has 0 unspecified atom stereocenters. The summed E-state index contributed by atoms with van der Waals surface area (Å²) >= 11 is 0. The molecule has 0 aliphatic heterocycles. The molecule has 0 aliphatic rings. The molecule has 0 bridgehead atoms. The molecule has 0 radical (unpaired) electrons. The number of aliphatic hydroxyl groups excluding tert-OH is 1. The molecule has 0 spiro atoms. The first-order valence-corrected chi connectivity index (χ1v) is 7.97. The molecule has 0 heterocycles. The van der Waals surface area contributed by atoms with Crippen molar-refractivity contribution in [1.29, 1.82) is 0 Å². The molecule has 3 N–H and O–H groups in total. The first kappa shape index (κ1) is 23.5. The zero-order valence-corrected chi connectivity index (χ0v) is 16.9. The number of non-ortho nitro benzene ring substituents is 1. The van der Waals surface area contributed by atoms with Gasteiger partial charge in [-0.3, -0.25) is 10.1 Å². The van der Waals surface area contributed by atoms with Crippen LogP contribution in [0.25, 0.3) is 0 Å². The number of aliphatic hydroxyl groups is 1. The number of nitrogens with one attached hydrogen (secondary N) is 2. The van der Waals surface area contributed by atoms with Gasteiger partial charge in [0.05, 0.1) is 31.3 Å². The average Bonchev–Trinajstić information content (AvgIpc) is 2.56. The smallest absolute Gasteiger partial charge is 0.269 e. The molecule has 9 heteroatoms. The zero-order valence-electron chi connectivity index (χ0n) is 14.6. The van der Waals surface area contributed by atoms with Crippen molar-refractivity contribution in [3.05, 3.63) is 39.9 Å². The van der Waals surface area contributed by atoms with Crippen molar-refractivity contribution in [3.8, 4) is 0 Å². The Morgan fingerprint density at radius 2 is 1.96 bits per heavy atom. The van der Waals surface area contributed by atoms with Gasteiger partial charge in [0.1, 0.15) is 0 Å². The van der Waals surface area contributed by atoms with E-state index in [1.54, 1.807) is 12.1 Å². The van der Waals surface area contributed by atoms with Gasteiger partial charge >= 0.3 is 0 Å². The van der Waals surface area contributed by atoms with Gasteiger partial charge in [-0.2, -0.15) is 0 Å². The van der Waals surface area contributed by atoms with Crippen LogP contribution in [0, 0.1) is 16.0 Å². The summed E-state index contributed by atoms with van der Waals surface area (Å²) in [5.74, 6) is 1.14. The fraction of sp³-hybridized carbons (Fsp3) is 0.562. The van der Waals surface area contributed by atoms with E-state index >= 15 is 0 Å². The second-order valence-corrected chi connectivity index (χ2v) is 5.63. The van der Waals surface area contributed by atoms with E-state index < -0.39 is 4.92 Å². The molecule has 0 amide bonds. The Morgan fingerprint density at radius 3 is 2.52 bits per heavy atom. The van der Waals surface area contributed by atoms with Crippen LogP contribution in [0.5, 0.6) is 0 Å². The summed E-state index contributed by atoms with van der Waals surface area (Å²) in [5.41, 5.74) is 0.961. The predicted molar refractivity (Wildman–Crippen MR) is 108 cm³/mol. The zero-order chi connectivity index (χ0) is 17.8. The second kappa shape index (κ2) is 13.8. The maximum absolute atomic E-state index is 10.7. The van der Waals surface area contributed by atoms with Crippen molar-refractivity contribution in [1.82, 2.24) is 10.6 Å². The van der Waals surface area contributed by atoms with Crippen molar-refractivity contribution >= 4 is 35.6 Å². The molecule has 0 aliphatic carbocycles. The summed E-state index contributed by atoms with van der Waals surface area (Å²) in [6.07, 6.45) is 0. The van der Waals surface area contributed by atoms with Crippen LogP contribution < -0.4 is 10.6 Å². The molecule has 0 fully saturated rings. The summed E-state index contributed by atoms with van der Waals surface area (Å²) in [7, 11) is 0. The number of halogens is 1. The van der Waals surface area contributed by atoms with Crippen molar-refractivity contribution in [2.24, 2.45) is 10.9 Å². The Balaban J connectivity index is 0.00000576. The summed E-state index contributed by atoms with van der Waals surface area (Å²) in [6.45, 7) is 6.77. The van der Waals surface area contributed by atoms with Crippen LogP contribution in [0.4, 0.5) is 5.69 Å². The highest BCUT2D eigenvalue weighted by molar-refractivity contribution is 14.0. The minimum absolute atomic E-state index is 0. The molecule has 0 saturated carbocycles. The van der Waals surface area contributed by atoms with Gasteiger partial charge in [-0.15, -0.1) is 24.0 Å². The van der Waals surface area contributed by atoms with Crippen molar-refractivity contribution in [2.75, 3.05) is 32.9 Å². The van der Waals surface area contributed by atoms with E-state index in [9.17, 15) is 10.1 Å². The number of nitro benzene ring substituents is 1. The fourth-order valence-corrected chi connectivity index (χ4v) is 1.78. The Labute approximate surface area is 165 Å². The Kier molecular flexibility index (Phi) is 13.0. The van der Waals surface area contributed by atoms with E-state index in [0.29, 0.717) is 38.2 Å². The lowest BCUT2D eigenvalue weighted by Crippen LogP contribution is -2.40. The van der Waals surface area contributed by atoms with E-state index in [2.05, 4.69) is 29.5 Å². The van der Waals surface area contributed by atoms with Gasteiger partial charge in [0.15, 0.2) is 5.96 Å². The van der Waals surface area contributed by atoms with Gasteiger partial charge in [-0.25, -0.2) is 4.99 Å². The van der Waals surface area contributed by atoms with Gasteiger partial charge in [-0.05, 0) is 11.5 Å². The van der Waals surface area contributed by atoms with Gasteiger partial charge < -0.3 is 20.5 Å². The minimum atomic E-state index is -0.420. The van der Waals surface area contributed by atoms with E-state index in [0.717, 1.165) is 12.1 Å². The van der Waals surface area contributed by atoms with Gasteiger partial charge in [0.25, 0.3) is 5.69 Å². The highest BCUT2D eigenvalue weighted by Crippen LogP contribution is 2.12. The first-order chi connectivity index (χ1) is 11.5. The molecular weight excluding hydrogens is 439 g/mol. The average molecular weight is 466 g/mol. The third-order valence-corrected chi connectivity index (χ3v) is 3.02. The lowest BCUT2D eigenvalue weighted by molar-refractivity contribution is -0.384. The van der Waals surface area contributed by atoms with Gasteiger partial charge in [0.2, 0.25) is 0 Å². The van der Waals surface area contributed by atoms with Crippen LogP contribution in [0.1, 0.15) is 19.4 Å². The fourth-order valence-electron chi connectivity index (χ4n) is 1.78. The number of rotatable bonds is 10. The highest BCUT2D eigenvalue weighted by atomic mass is 127. The minimum Gasteiger partial charge on any atom is -0.394 e. The molecule has 1 aromatic rings. The van der Waals surface area contributed by atoms with E-state index in [1.807, 2.05) is 0 Å². The monoisotopic (exact) mass is 466 g/mol. The van der Waals surface area contributed by atoms with Crippen molar-refractivity contribution in [2.45, 2.75) is 20.4 Å². The van der Waals surface area contributed by atoms with E-state index in [4.69, 9.17) is 9.84 Å². The standard InChI is InChI=1S/C16H26N4O4.HI/c1-13(2)11-18-16(17-7-9-24-10-8-21)19-12-14-3-5-15(6-4-14)20(22)23;/h3-6,13,21H,7-12H2,1-2H3,(H2,17,18,19);1H. The first-order valence-electron chi connectivity index (χ1n) is 7.97. The lowest BCUT2D eigenvalue weighted by atomic mass is 10.2. The number of hydrogen-bond donors (Lipinski definition) is 3. The molecule has 8 nitrogen and oxygen atoms in total. The van der Waals surface area contributed by atoms with Crippen LogP contribution >= 0.6 is 24.0 Å². The normalized spacial score (nSPS) is 11.1. The topological polar surface area (TPSA) is 109 Å². The third-order valence-electron chi connectivity index (χ3n) is 3.02. The second-order valence-electron chi connectivity index (χ2n) is 5.63. The number of hydrogen-bond acceptors (Lipinski definition) is 5. The largest absolute Gasteiger partial charge is 0.394 e. The van der Waals surface area contributed by atoms with Crippen LogP contribution in [0.3, 0.4) is 0 Å². The van der Waals surface area contributed by atoms with Crippen LogP contribution in [-0.2, 0) is 11.3 Å². The number of benzene rings is 1. The maximum Gasteiger partial charge on any atom is 0.269 e. The van der Waals surface area contributed by atoms with E-state index in [-0.39, 0.29) is 36.3 Å². The Hall–Kier alpha value is -1.46. The maximum atomic E-state index is 10.7. The quantitative estimate of drug-likeness (QED) is 0.121. The number of nitro groups is 1. The molecule has 0 saturated heterocycles. The molecule has 1 rings (SSSR count). The summed E-state index contributed by atoms with van der Waals surface area (Å²) in [6, 6.07) is 6.35. The summed E-state index contributed by atoms with van der Waals surface area (Å²) in [5, 5.41) is 25.7. The van der Waals surface area contributed by atoms with Crippen LogP contribution in [0.2, 0.25) is 0 Å². The number of nitrogens with zero attached hydrogens (tertiary/aromatic N) is 2. The Morgan fingerprint density at radius 1 is 1.28 bits per heavy atom. The van der Waals surface area contributed by atoms with Crippen molar-refractivity contribution in [3.63, 3.8) is 0 Å². The molecule has 142 valence electrons. The number of guanidine groups is 1. The van der Waals surface area contributed by atoms with E-state index in [1.165, 1.54) is 12.1 Å². The van der Waals surface area contributed by atoms with Crippen LogP contribution in [0.15, 0.2) is 29.3 Å². The SMILES string of the molecule is CC(C)CNC(=NCc1ccc([N+](=O)[O-])cc1)NCCOCCO.I. The summed E-state index contributed by atoms with van der Waals surface area (Å²) in [4.78, 5) is 14.7. The molecular formula is C16H27IN4O4. The van der Waals surface area contributed by atoms with Gasteiger partial charge in [0, 0.05) is 25.2 Å². The van der Waals surface area contributed by atoms with Gasteiger partial charge in [-0.1, -0.05) is 26.0 Å². The number of ether oxygens (including phenoxy) is 1. The highest BCUT2D eigenvalue weighted by Gasteiger charge is 2.04. The van der Waals surface area contributed by atoms with Crippen LogP contribution in [-0.4, -0.2) is 48.9 Å². The number of aliphatic imine (C=N–C) groups is 1. The molecule has 1 aromatic carbocycles. The Bertz CT molecular complexity index is 523.